The molecule has 0 aliphatic carbocycles. The summed E-state index contributed by atoms with van der Waals surface area (Å²) in [7, 11) is -8.73. The van der Waals surface area contributed by atoms with E-state index in [1.807, 2.05) is 4.90 Å². The van der Waals surface area contributed by atoms with Crippen molar-refractivity contribution >= 4 is 25.7 Å². The van der Waals surface area contributed by atoms with E-state index in [1.165, 1.54) is 12.1 Å². The van der Waals surface area contributed by atoms with Crippen molar-refractivity contribution in [3.05, 3.63) is 12.1 Å². The SMILES string of the molecule is NS(=O)(=O)c1c(S(=O)(=O)N[C@@H]2CCNC2)ccc(N2CC[C@H](CO)C2)c1-c1nn[nH]n1. The molecule has 0 bridgehead atoms. The van der Waals surface area contributed by atoms with Crippen molar-refractivity contribution < 1.29 is 21.9 Å². The number of nitrogens with zero attached hydrogens (tertiary/aromatic N) is 4. The number of aromatic nitrogens is 4. The molecule has 0 saturated carbocycles. The molecule has 6 N–H and O–H groups in total. The van der Waals surface area contributed by atoms with Gasteiger partial charge in [0.05, 0.1) is 5.56 Å². The Kier molecular flexibility index (Phi) is 5.97. The predicted octanol–water partition coefficient (Wildman–Crippen LogP) is -2.03. The lowest BCUT2D eigenvalue weighted by atomic mass is 10.1. The van der Waals surface area contributed by atoms with Crippen LogP contribution in [-0.4, -0.2) is 81.4 Å². The number of aromatic amines is 1. The first-order chi connectivity index (χ1) is 14.7. The minimum absolute atomic E-state index is 0.0102. The van der Waals surface area contributed by atoms with Crippen molar-refractivity contribution in [1.29, 1.82) is 0 Å². The van der Waals surface area contributed by atoms with Crippen LogP contribution < -0.4 is 20.1 Å². The first-order valence-corrected chi connectivity index (χ1v) is 12.8. The van der Waals surface area contributed by atoms with E-state index in [9.17, 15) is 21.9 Å². The van der Waals surface area contributed by atoms with Gasteiger partial charge in [0.2, 0.25) is 25.9 Å². The number of hydrogen-bond donors (Lipinski definition) is 5. The van der Waals surface area contributed by atoms with Crippen LogP contribution in [-0.2, 0) is 20.0 Å². The molecule has 3 heterocycles. The van der Waals surface area contributed by atoms with Gasteiger partial charge in [-0.3, -0.25) is 0 Å². The van der Waals surface area contributed by atoms with Crippen LogP contribution in [0.2, 0.25) is 0 Å². The second-order valence-corrected chi connectivity index (χ2v) is 10.8. The number of rotatable bonds is 7. The van der Waals surface area contributed by atoms with Gasteiger partial charge in [0.1, 0.15) is 9.79 Å². The second-order valence-electron chi connectivity index (χ2n) is 7.66. The molecule has 2 saturated heterocycles. The van der Waals surface area contributed by atoms with Crippen LogP contribution in [0.1, 0.15) is 12.8 Å². The molecule has 0 spiro atoms. The molecule has 2 fully saturated rings. The fourth-order valence-electron chi connectivity index (χ4n) is 4.03. The number of nitrogens with two attached hydrogens (primary N) is 1. The molecule has 13 nitrogen and oxygen atoms in total. The quantitative estimate of drug-likeness (QED) is 0.300. The van der Waals surface area contributed by atoms with E-state index in [4.69, 9.17) is 5.14 Å². The average Bonchev–Trinajstić information content (AvgIpc) is 3.47. The van der Waals surface area contributed by atoms with Gasteiger partial charge in [0, 0.05) is 43.9 Å². The smallest absolute Gasteiger partial charge is 0.242 e. The summed E-state index contributed by atoms with van der Waals surface area (Å²) in [6, 6.07) is 2.38. The van der Waals surface area contributed by atoms with Crippen LogP contribution in [0.3, 0.4) is 0 Å². The Morgan fingerprint density at radius 3 is 2.65 bits per heavy atom. The van der Waals surface area contributed by atoms with E-state index in [1.54, 1.807) is 0 Å². The third-order valence-electron chi connectivity index (χ3n) is 5.51. The van der Waals surface area contributed by atoms with E-state index in [0.717, 1.165) is 0 Å². The number of hydrogen-bond acceptors (Lipinski definition) is 10. The van der Waals surface area contributed by atoms with Crippen LogP contribution >= 0.6 is 0 Å². The molecule has 2 aromatic rings. The zero-order valence-electron chi connectivity index (χ0n) is 16.5. The predicted molar refractivity (Wildman–Crippen MR) is 110 cm³/mol. The Balaban J connectivity index is 1.90. The lowest BCUT2D eigenvalue weighted by Crippen LogP contribution is -2.37. The van der Waals surface area contributed by atoms with Crippen molar-refractivity contribution in [3.8, 4) is 11.4 Å². The third-order valence-corrected chi connectivity index (χ3v) is 8.19. The van der Waals surface area contributed by atoms with E-state index in [-0.39, 0.29) is 30.0 Å². The number of anilines is 1. The first-order valence-electron chi connectivity index (χ1n) is 9.73. The molecule has 170 valence electrons. The molecule has 2 aliphatic heterocycles. The highest BCUT2D eigenvalue weighted by molar-refractivity contribution is 7.92. The van der Waals surface area contributed by atoms with Gasteiger partial charge < -0.3 is 15.3 Å². The minimum atomic E-state index is -4.51. The normalized spacial score (nSPS) is 22.3. The van der Waals surface area contributed by atoms with Gasteiger partial charge in [-0.2, -0.15) is 5.21 Å². The molecule has 1 aromatic heterocycles. The summed E-state index contributed by atoms with van der Waals surface area (Å²) >= 11 is 0. The van der Waals surface area contributed by atoms with Crippen LogP contribution in [0.4, 0.5) is 5.69 Å². The highest BCUT2D eigenvalue weighted by Crippen LogP contribution is 2.40. The maximum absolute atomic E-state index is 13.1. The fraction of sp³-hybridized carbons (Fsp3) is 0.562. The number of benzene rings is 1. The van der Waals surface area contributed by atoms with Crippen molar-refractivity contribution in [2.24, 2.45) is 11.1 Å². The van der Waals surface area contributed by atoms with Gasteiger partial charge in [0.15, 0.2) is 0 Å². The van der Waals surface area contributed by atoms with Crippen LogP contribution in [0.5, 0.6) is 0 Å². The number of nitrogens with one attached hydrogen (secondary N) is 3. The number of H-pyrrole nitrogens is 1. The maximum atomic E-state index is 13.1. The first kappa shape index (κ1) is 22.0. The molecule has 0 radical (unpaired) electrons. The number of tetrazole rings is 1. The van der Waals surface area contributed by atoms with Gasteiger partial charge in [-0.05, 0) is 36.7 Å². The summed E-state index contributed by atoms with van der Waals surface area (Å²) < 4.78 is 54.2. The third kappa shape index (κ3) is 4.42. The van der Waals surface area contributed by atoms with E-state index >= 15 is 0 Å². The Bertz CT molecular complexity index is 1150. The monoisotopic (exact) mass is 472 g/mol. The summed E-state index contributed by atoms with van der Waals surface area (Å²) in [6.07, 6.45) is 1.28. The molecule has 2 aliphatic rings. The van der Waals surface area contributed by atoms with Crippen molar-refractivity contribution in [2.45, 2.75) is 28.7 Å². The molecule has 0 amide bonds. The van der Waals surface area contributed by atoms with E-state index < -0.39 is 29.8 Å². The van der Waals surface area contributed by atoms with Crippen molar-refractivity contribution in [3.63, 3.8) is 0 Å². The zero-order chi connectivity index (χ0) is 22.2. The Morgan fingerprint density at radius 1 is 1.26 bits per heavy atom. The van der Waals surface area contributed by atoms with E-state index in [0.29, 0.717) is 44.7 Å². The maximum Gasteiger partial charge on any atom is 0.242 e. The number of sulfonamides is 2. The van der Waals surface area contributed by atoms with Crippen molar-refractivity contribution in [1.82, 2.24) is 30.7 Å². The lowest BCUT2D eigenvalue weighted by molar-refractivity contribution is 0.238. The summed E-state index contributed by atoms with van der Waals surface area (Å²) in [6.45, 7) is 2.09. The largest absolute Gasteiger partial charge is 0.396 e. The van der Waals surface area contributed by atoms with E-state index in [2.05, 4.69) is 30.7 Å². The molecule has 0 unspecified atom stereocenters. The molecule has 1 aromatic carbocycles. The Labute approximate surface area is 179 Å². The topological polar surface area (TPSA) is 196 Å². The van der Waals surface area contributed by atoms with Gasteiger partial charge >= 0.3 is 0 Å². The Morgan fingerprint density at radius 2 is 2.06 bits per heavy atom. The molecular formula is C16H24N8O5S2. The minimum Gasteiger partial charge on any atom is -0.396 e. The van der Waals surface area contributed by atoms with Gasteiger partial charge in [-0.1, -0.05) is 0 Å². The number of primary sulfonamides is 1. The summed E-state index contributed by atoms with van der Waals surface area (Å²) in [4.78, 5) is 0.798. The molecule has 2 atom stereocenters. The number of aliphatic hydroxyl groups is 1. The molecular weight excluding hydrogens is 448 g/mol. The Hall–Kier alpha value is -2.17. The summed E-state index contributed by atoms with van der Waals surface area (Å²) in [5.41, 5.74) is 0.366. The summed E-state index contributed by atoms with van der Waals surface area (Å²) in [5.74, 6) is -0.0814. The van der Waals surface area contributed by atoms with Crippen LogP contribution in [0.15, 0.2) is 21.9 Å². The highest BCUT2D eigenvalue weighted by Gasteiger charge is 2.35. The second kappa shape index (κ2) is 8.40. The molecule has 31 heavy (non-hydrogen) atoms. The van der Waals surface area contributed by atoms with Gasteiger partial charge in [-0.15, -0.1) is 10.2 Å². The van der Waals surface area contributed by atoms with Gasteiger partial charge in [-0.25, -0.2) is 26.7 Å². The van der Waals surface area contributed by atoms with Crippen LogP contribution in [0, 0.1) is 5.92 Å². The van der Waals surface area contributed by atoms with Crippen LogP contribution in [0.25, 0.3) is 11.4 Å². The lowest BCUT2D eigenvalue weighted by Gasteiger charge is -2.24. The standard InChI is InChI=1S/C16H24N8O5S2/c17-30(26,27)15-13(31(28,29)21-11-3-5-18-7-11)2-1-12(14(15)16-19-22-23-20-16)24-6-4-10(8-24)9-25/h1-2,10-11,18,21,25H,3-9H2,(H2,17,26,27)(H,19,20,22,23)/t10-,11+/m0/s1. The van der Waals surface area contributed by atoms with Crippen molar-refractivity contribution in [2.75, 3.05) is 37.7 Å². The molecule has 4 rings (SSSR count). The zero-order valence-corrected chi connectivity index (χ0v) is 18.2. The average molecular weight is 473 g/mol. The molecule has 15 heteroatoms. The summed E-state index contributed by atoms with van der Waals surface area (Å²) in [5, 5.41) is 31.6. The number of aliphatic hydroxyl groups excluding tert-OH is 1. The van der Waals surface area contributed by atoms with Gasteiger partial charge in [0.25, 0.3) is 0 Å². The highest BCUT2D eigenvalue weighted by atomic mass is 32.2. The fourth-order valence-corrected chi connectivity index (χ4v) is 6.90.